The molecule has 4 heteroatoms. The first-order valence-corrected chi connectivity index (χ1v) is 7.36. The molecule has 0 aliphatic heterocycles. The lowest BCUT2D eigenvalue weighted by Gasteiger charge is -2.14. The molecule has 2 saturated carbocycles. The third-order valence-corrected chi connectivity index (χ3v) is 4.44. The molecule has 3 rings (SSSR count). The number of hydrogen-bond donors (Lipinski definition) is 1. The summed E-state index contributed by atoms with van der Waals surface area (Å²) in [7, 11) is 0. The van der Waals surface area contributed by atoms with Gasteiger partial charge in [0, 0.05) is 18.0 Å². The van der Waals surface area contributed by atoms with Crippen molar-refractivity contribution >= 4 is 23.4 Å². The highest BCUT2D eigenvalue weighted by Crippen LogP contribution is 2.49. The van der Waals surface area contributed by atoms with E-state index in [0.29, 0.717) is 11.6 Å². The van der Waals surface area contributed by atoms with E-state index in [4.69, 9.17) is 17.3 Å². The first-order chi connectivity index (χ1) is 9.53. The molecule has 2 aliphatic carbocycles. The van der Waals surface area contributed by atoms with Crippen LogP contribution in [0.5, 0.6) is 0 Å². The first-order valence-electron chi connectivity index (χ1n) is 6.98. The van der Waals surface area contributed by atoms with Crippen molar-refractivity contribution in [1.29, 1.82) is 0 Å². The van der Waals surface area contributed by atoms with E-state index in [-0.39, 0.29) is 16.3 Å². The van der Waals surface area contributed by atoms with Crippen LogP contribution in [0.4, 0.5) is 4.39 Å². The number of halogens is 2. The highest BCUT2D eigenvalue weighted by Gasteiger charge is 2.41. The van der Waals surface area contributed by atoms with Gasteiger partial charge < -0.3 is 5.73 Å². The van der Waals surface area contributed by atoms with Gasteiger partial charge in [-0.2, -0.15) is 0 Å². The molecule has 20 heavy (non-hydrogen) atoms. The Morgan fingerprint density at radius 1 is 1.45 bits per heavy atom. The van der Waals surface area contributed by atoms with Gasteiger partial charge >= 0.3 is 0 Å². The zero-order chi connectivity index (χ0) is 14.3. The Kier molecular flexibility index (Phi) is 3.33. The number of nitrogens with two attached hydrogens (primary N) is 1. The molecule has 0 heterocycles. The van der Waals surface area contributed by atoms with Crippen molar-refractivity contribution < 1.29 is 4.39 Å². The van der Waals surface area contributed by atoms with Crippen LogP contribution in [0.3, 0.4) is 0 Å². The molecule has 0 radical (unpaired) electrons. The largest absolute Gasteiger partial charge is 0.404 e. The fourth-order valence-electron chi connectivity index (χ4n) is 2.27. The minimum atomic E-state index is -0.300. The second kappa shape index (κ2) is 4.88. The number of aliphatic imine (C=N–C) groups is 1. The van der Waals surface area contributed by atoms with Crippen molar-refractivity contribution in [3.63, 3.8) is 0 Å². The maximum atomic E-state index is 14.2. The van der Waals surface area contributed by atoms with Gasteiger partial charge in [-0.3, -0.25) is 4.99 Å². The highest BCUT2D eigenvalue weighted by atomic mass is 35.5. The smallest absolute Gasteiger partial charge is 0.145 e. The predicted octanol–water partition coefficient (Wildman–Crippen LogP) is 4.06. The van der Waals surface area contributed by atoms with Gasteiger partial charge in [-0.15, -0.1) is 0 Å². The Bertz CT molecular complexity index is 599. The topological polar surface area (TPSA) is 38.4 Å². The quantitative estimate of drug-likeness (QED) is 0.835. The number of benzene rings is 1. The molecule has 106 valence electrons. The van der Waals surface area contributed by atoms with E-state index in [9.17, 15) is 4.39 Å². The summed E-state index contributed by atoms with van der Waals surface area (Å²) in [6.07, 6.45) is 7.57. The molecule has 1 aromatic carbocycles. The summed E-state index contributed by atoms with van der Waals surface area (Å²) >= 11 is 6.04. The predicted molar refractivity (Wildman–Crippen MR) is 81.7 cm³/mol. The van der Waals surface area contributed by atoms with Crippen LogP contribution in [0.1, 0.15) is 43.7 Å². The molecule has 0 saturated heterocycles. The van der Waals surface area contributed by atoms with Crippen LogP contribution in [0.25, 0.3) is 5.57 Å². The van der Waals surface area contributed by atoms with Crippen molar-refractivity contribution in [2.24, 2.45) is 10.7 Å². The van der Waals surface area contributed by atoms with E-state index in [2.05, 4.69) is 11.9 Å². The number of hydrogen-bond acceptors (Lipinski definition) is 2. The second-order valence-corrected chi connectivity index (χ2v) is 6.42. The van der Waals surface area contributed by atoms with Gasteiger partial charge in [0.25, 0.3) is 0 Å². The summed E-state index contributed by atoms with van der Waals surface area (Å²) < 4.78 is 14.2. The summed E-state index contributed by atoms with van der Waals surface area (Å²) in [4.78, 5) is 4.43. The van der Waals surface area contributed by atoms with Crippen LogP contribution in [0, 0.1) is 5.82 Å². The third kappa shape index (κ3) is 2.59. The molecular formula is C16H18ClFN2. The van der Waals surface area contributed by atoms with Crippen molar-refractivity contribution in [3.8, 4) is 0 Å². The Hall–Kier alpha value is -1.35. The molecule has 0 amide bonds. The zero-order valence-electron chi connectivity index (χ0n) is 11.5. The van der Waals surface area contributed by atoms with Crippen molar-refractivity contribution in [2.75, 3.05) is 0 Å². The van der Waals surface area contributed by atoms with E-state index in [1.54, 1.807) is 12.3 Å². The van der Waals surface area contributed by atoms with Crippen molar-refractivity contribution in [1.82, 2.24) is 0 Å². The molecule has 0 spiro atoms. The molecule has 2 fully saturated rings. The Labute approximate surface area is 123 Å². The van der Waals surface area contributed by atoms with Crippen LogP contribution < -0.4 is 5.73 Å². The lowest BCUT2D eigenvalue weighted by Crippen LogP contribution is -2.06. The summed E-state index contributed by atoms with van der Waals surface area (Å²) in [6, 6.07) is 3.93. The Morgan fingerprint density at radius 2 is 2.15 bits per heavy atom. The van der Waals surface area contributed by atoms with Crippen LogP contribution in [0.2, 0.25) is 5.02 Å². The van der Waals surface area contributed by atoms with Crippen molar-refractivity contribution in [2.45, 2.75) is 44.1 Å². The number of rotatable bonds is 4. The van der Waals surface area contributed by atoms with E-state index in [1.807, 2.05) is 6.07 Å². The van der Waals surface area contributed by atoms with Gasteiger partial charge in [0.1, 0.15) is 5.82 Å². The van der Waals surface area contributed by atoms with Crippen LogP contribution in [-0.2, 0) is 5.41 Å². The lowest BCUT2D eigenvalue weighted by molar-refractivity contribution is 0.586. The average molecular weight is 293 g/mol. The van der Waals surface area contributed by atoms with Gasteiger partial charge in [-0.1, -0.05) is 18.5 Å². The summed E-state index contributed by atoms with van der Waals surface area (Å²) in [6.45, 7) is 2.07. The third-order valence-electron chi connectivity index (χ3n) is 4.16. The van der Waals surface area contributed by atoms with Gasteiger partial charge in [0.05, 0.1) is 11.1 Å². The molecule has 0 bridgehead atoms. The fourth-order valence-corrected chi connectivity index (χ4v) is 2.49. The SMILES string of the molecule is CC1(c2cc(/C(C=NC3CC3)=C/N)cc(Cl)c2F)CC1. The Morgan fingerprint density at radius 3 is 2.70 bits per heavy atom. The monoisotopic (exact) mass is 292 g/mol. The van der Waals surface area contributed by atoms with E-state index in [1.165, 1.54) is 6.20 Å². The lowest BCUT2D eigenvalue weighted by atomic mass is 9.94. The molecule has 0 atom stereocenters. The maximum absolute atomic E-state index is 14.2. The van der Waals surface area contributed by atoms with E-state index >= 15 is 0 Å². The standard InChI is InChI=1S/C16H18ClFN2/c1-16(4-5-16)13-6-10(7-14(17)15(13)18)11(8-19)9-20-12-2-3-12/h6-9,12H,2-5,19H2,1H3/b11-8+,20-9?. The normalized spacial score (nSPS) is 21.4. The molecule has 1 aromatic rings. The first kappa shape index (κ1) is 13.6. The summed E-state index contributed by atoms with van der Waals surface area (Å²) in [5, 5.41) is 0.157. The van der Waals surface area contributed by atoms with Crippen molar-refractivity contribution in [3.05, 3.63) is 40.3 Å². The van der Waals surface area contributed by atoms with Gasteiger partial charge in [-0.05, 0) is 54.4 Å². The minimum Gasteiger partial charge on any atom is -0.404 e. The van der Waals surface area contributed by atoms with E-state index < -0.39 is 0 Å². The molecule has 2 nitrogen and oxygen atoms in total. The average Bonchev–Trinajstić information content (AvgIpc) is 3.32. The summed E-state index contributed by atoms with van der Waals surface area (Å²) in [5.74, 6) is -0.300. The molecular weight excluding hydrogens is 275 g/mol. The molecule has 2 aliphatic rings. The highest BCUT2D eigenvalue weighted by molar-refractivity contribution is 6.31. The number of allylic oxidation sites excluding steroid dienone is 1. The maximum Gasteiger partial charge on any atom is 0.145 e. The van der Waals surface area contributed by atoms with Crippen LogP contribution in [-0.4, -0.2) is 12.3 Å². The van der Waals surface area contributed by atoms with Gasteiger partial charge in [0.2, 0.25) is 0 Å². The fraction of sp³-hybridized carbons (Fsp3) is 0.438. The van der Waals surface area contributed by atoms with E-state index in [0.717, 1.165) is 36.8 Å². The summed E-state index contributed by atoms with van der Waals surface area (Å²) in [5.41, 5.74) is 7.94. The molecule has 2 N–H and O–H groups in total. The molecule has 0 unspecified atom stereocenters. The number of nitrogens with zero attached hydrogens (tertiary/aromatic N) is 1. The molecule has 0 aromatic heterocycles. The van der Waals surface area contributed by atoms with Gasteiger partial charge in [-0.25, -0.2) is 4.39 Å². The van der Waals surface area contributed by atoms with Crippen LogP contribution >= 0.6 is 11.6 Å². The van der Waals surface area contributed by atoms with Gasteiger partial charge in [0.15, 0.2) is 0 Å². The second-order valence-electron chi connectivity index (χ2n) is 6.01. The Balaban J connectivity index is 1.98. The van der Waals surface area contributed by atoms with Crippen LogP contribution in [0.15, 0.2) is 23.3 Å². The zero-order valence-corrected chi connectivity index (χ0v) is 12.3. The minimum absolute atomic E-state index is 0.0723.